The molecule has 3 heterocycles. The Morgan fingerprint density at radius 2 is 2.25 bits per heavy atom. The summed E-state index contributed by atoms with van der Waals surface area (Å²) in [5, 5.41) is 0. The first-order valence-corrected chi connectivity index (χ1v) is 8.02. The molecule has 0 radical (unpaired) electrons. The zero-order valence-electron chi connectivity index (χ0n) is 13.6. The summed E-state index contributed by atoms with van der Waals surface area (Å²) in [5.74, 6) is 0.859. The summed E-state index contributed by atoms with van der Waals surface area (Å²) >= 11 is 0. The molecule has 1 amide bonds. The van der Waals surface area contributed by atoms with E-state index in [1.807, 2.05) is 0 Å². The van der Waals surface area contributed by atoms with Crippen LogP contribution in [0.5, 0.6) is 0 Å². The molecule has 126 valence electrons. The normalized spacial score (nSPS) is 17.8. The summed E-state index contributed by atoms with van der Waals surface area (Å²) in [6.45, 7) is 3.49. The molecule has 24 heavy (non-hydrogen) atoms. The highest BCUT2D eigenvalue weighted by atomic mass is 19.1. The van der Waals surface area contributed by atoms with Gasteiger partial charge in [-0.05, 0) is 50.3 Å². The van der Waals surface area contributed by atoms with Crippen LogP contribution in [0.4, 0.5) is 10.2 Å². The molecule has 1 atom stereocenters. The van der Waals surface area contributed by atoms with Crippen LogP contribution in [0.25, 0.3) is 0 Å². The number of aryl methyl sites for hydroxylation is 1. The van der Waals surface area contributed by atoms with E-state index in [-0.39, 0.29) is 11.5 Å². The quantitative estimate of drug-likeness (QED) is 0.926. The molecule has 1 saturated heterocycles. The minimum atomic E-state index is -0.539. The van der Waals surface area contributed by atoms with Crippen LogP contribution >= 0.6 is 0 Å². The highest BCUT2D eigenvalue weighted by Gasteiger charge is 2.22. The molecule has 2 aromatic rings. The SMILES string of the molecule is Cc1nc(CC2CCCN(c3ccc(F)cn3)C2)cc(C(N)=O)n1. The first kappa shape index (κ1) is 16.3. The number of carbonyl (C=O) groups excluding carboxylic acids is 1. The number of aromatic nitrogens is 3. The van der Waals surface area contributed by atoms with Gasteiger partial charge in [0.05, 0.1) is 6.20 Å². The molecule has 1 unspecified atom stereocenters. The number of carbonyl (C=O) groups is 1. The zero-order chi connectivity index (χ0) is 17.1. The third-order valence-electron chi connectivity index (χ3n) is 4.20. The molecule has 0 bridgehead atoms. The Morgan fingerprint density at radius 1 is 1.42 bits per heavy atom. The molecule has 0 saturated carbocycles. The van der Waals surface area contributed by atoms with Gasteiger partial charge in [-0.1, -0.05) is 0 Å². The van der Waals surface area contributed by atoms with Crippen molar-refractivity contribution in [3.8, 4) is 0 Å². The molecule has 1 aliphatic rings. The summed E-state index contributed by atoms with van der Waals surface area (Å²) in [6.07, 6.45) is 4.11. The lowest BCUT2D eigenvalue weighted by Crippen LogP contribution is -2.37. The van der Waals surface area contributed by atoms with Crippen LogP contribution in [0.15, 0.2) is 24.4 Å². The van der Waals surface area contributed by atoms with E-state index in [4.69, 9.17) is 5.73 Å². The molecule has 1 fully saturated rings. The molecule has 2 N–H and O–H groups in total. The second-order valence-corrected chi connectivity index (χ2v) is 6.15. The van der Waals surface area contributed by atoms with Gasteiger partial charge in [-0.2, -0.15) is 0 Å². The standard InChI is InChI=1S/C17H20FN5O/c1-11-21-14(8-15(22-11)17(19)24)7-12-3-2-6-23(10-12)16-5-4-13(18)9-20-16/h4-5,8-9,12H,2-3,6-7,10H2,1H3,(H2,19,24). The fraction of sp³-hybridized carbons (Fsp3) is 0.412. The molecule has 7 heteroatoms. The second kappa shape index (κ2) is 6.90. The Hall–Kier alpha value is -2.57. The van der Waals surface area contributed by atoms with Gasteiger partial charge in [0.1, 0.15) is 23.2 Å². The van der Waals surface area contributed by atoms with E-state index in [2.05, 4.69) is 19.9 Å². The molecular formula is C17H20FN5O. The zero-order valence-corrected chi connectivity index (χ0v) is 13.6. The van der Waals surface area contributed by atoms with Gasteiger partial charge in [-0.25, -0.2) is 19.3 Å². The molecule has 1 aliphatic heterocycles. The van der Waals surface area contributed by atoms with Crippen LogP contribution < -0.4 is 10.6 Å². The third-order valence-corrected chi connectivity index (χ3v) is 4.20. The number of hydrogen-bond acceptors (Lipinski definition) is 5. The maximum Gasteiger partial charge on any atom is 0.267 e. The van der Waals surface area contributed by atoms with E-state index in [1.54, 1.807) is 19.1 Å². The molecule has 0 aliphatic carbocycles. The summed E-state index contributed by atoms with van der Waals surface area (Å²) in [7, 11) is 0. The Bertz CT molecular complexity index is 734. The number of piperidine rings is 1. The Balaban J connectivity index is 1.71. The largest absolute Gasteiger partial charge is 0.364 e. The van der Waals surface area contributed by atoms with Crippen molar-refractivity contribution in [3.63, 3.8) is 0 Å². The predicted octanol–water partition coefficient (Wildman–Crippen LogP) is 1.88. The van der Waals surface area contributed by atoms with Crippen molar-refractivity contribution < 1.29 is 9.18 Å². The minimum Gasteiger partial charge on any atom is -0.364 e. The Morgan fingerprint density at radius 3 is 2.96 bits per heavy atom. The van der Waals surface area contributed by atoms with Gasteiger partial charge in [0.25, 0.3) is 5.91 Å². The summed E-state index contributed by atoms with van der Waals surface area (Å²) in [6, 6.07) is 4.81. The van der Waals surface area contributed by atoms with E-state index in [0.29, 0.717) is 11.7 Å². The lowest BCUT2D eigenvalue weighted by molar-refractivity contribution is 0.0995. The van der Waals surface area contributed by atoms with Gasteiger partial charge in [-0.3, -0.25) is 4.79 Å². The summed E-state index contributed by atoms with van der Waals surface area (Å²) in [5.41, 5.74) is 6.40. The van der Waals surface area contributed by atoms with Gasteiger partial charge in [0, 0.05) is 18.8 Å². The van der Waals surface area contributed by atoms with Gasteiger partial charge < -0.3 is 10.6 Å². The monoisotopic (exact) mass is 329 g/mol. The predicted molar refractivity (Wildman–Crippen MR) is 88.1 cm³/mol. The first-order valence-electron chi connectivity index (χ1n) is 8.02. The van der Waals surface area contributed by atoms with E-state index < -0.39 is 5.91 Å². The number of hydrogen-bond donors (Lipinski definition) is 1. The number of halogens is 1. The average molecular weight is 329 g/mol. The lowest BCUT2D eigenvalue weighted by atomic mass is 9.93. The van der Waals surface area contributed by atoms with Crippen LogP contribution in [-0.4, -0.2) is 33.9 Å². The molecule has 0 spiro atoms. The van der Waals surface area contributed by atoms with Gasteiger partial charge in [0.2, 0.25) is 0 Å². The van der Waals surface area contributed by atoms with Crippen molar-refractivity contribution in [2.24, 2.45) is 11.7 Å². The molecular weight excluding hydrogens is 309 g/mol. The van der Waals surface area contributed by atoms with Gasteiger partial charge in [-0.15, -0.1) is 0 Å². The third kappa shape index (κ3) is 3.84. The van der Waals surface area contributed by atoms with Crippen molar-refractivity contribution in [2.75, 3.05) is 18.0 Å². The Labute approximate surface area is 139 Å². The molecule has 3 rings (SSSR count). The maximum absolute atomic E-state index is 13.0. The van der Waals surface area contributed by atoms with E-state index >= 15 is 0 Å². The van der Waals surface area contributed by atoms with Crippen LogP contribution in [0.1, 0.15) is 34.8 Å². The molecule has 6 nitrogen and oxygen atoms in total. The highest BCUT2D eigenvalue weighted by molar-refractivity contribution is 5.90. The number of pyridine rings is 1. The molecule has 2 aromatic heterocycles. The number of amides is 1. The smallest absolute Gasteiger partial charge is 0.267 e. The molecule has 0 aromatic carbocycles. The number of primary amides is 1. The van der Waals surface area contributed by atoms with Gasteiger partial charge in [0.15, 0.2) is 0 Å². The topological polar surface area (TPSA) is 85.0 Å². The van der Waals surface area contributed by atoms with E-state index in [9.17, 15) is 9.18 Å². The van der Waals surface area contributed by atoms with Crippen LogP contribution in [0.2, 0.25) is 0 Å². The lowest BCUT2D eigenvalue weighted by Gasteiger charge is -2.33. The number of rotatable bonds is 4. The number of anilines is 1. The van der Waals surface area contributed by atoms with Crippen molar-refractivity contribution in [2.45, 2.75) is 26.2 Å². The number of nitrogens with zero attached hydrogens (tertiary/aromatic N) is 4. The summed E-state index contributed by atoms with van der Waals surface area (Å²) in [4.78, 5) is 26.1. The Kier molecular flexibility index (Phi) is 4.69. The van der Waals surface area contributed by atoms with Crippen molar-refractivity contribution in [3.05, 3.63) is 47.4 Å². The first-order chi connectivity index (χ1) is 11.5. The van der Waals surface area contributed by atoms with E-state index in [0.717, 1.165) is 43.9 Å². The van der Waals surface area contributed by atoms with Crippen molar-refractivity contribution in [1.29, 1.82) is 0 Å². The van der Waals surface area contributed by atoms with Crippen LogP contribution in [0, 0.1) is 18.7 Å². The number of nitrogens with two attached hydrogens (primary N) is 1. The van der Waals surface area contributed by atoms with Crippen molar-refractivity contribution >= 4 is 11.7 Å². The van der Waals surface area contributed by atoms with Crippen LogP contribution in [-0.2, 0) is 6.42 Å². The highest BCUT2D eigenvalue weighted by Crippen LogP contribution is 2.24. The van der Waals surface area contributed by atoms with Crippen LogP contribution in [0.3, 0.4) is 0 Å². The minimum absolute atomic E-state index is 0.255. The van der Waals surface area contributed by atoms with E-state index in [1.165, 1.54) is 12.3 Å². The average Bonchev–Trinajstić information content (AvgIpc) is 2.55. The fourth-order valence-electron chi connectivity index (χ4n) is 3.15. The van der Waals surface area contributed by atoms with Crippen molar-refractivity contribution in [1.82, 2.24) is 15.0 Å². The fourth-order valence-corrected chi connectivity index (χ4v) is 3.15. The van der Waals surface area contributed by atoms with Gasteiger partial charge >= 0.3 is 0 Å². The second-order valence-electron chi connectivity index (χ2n) is 6.15. The summed E-state index contributed by atoms with van der Waals surface area (Å²) < 4.78 is 13.0. The maximum atomic E-state index is 13.0.